The Labute approximate surface area is 113 Å². The van der Waals surface area contributed by atoms with Gasteiger partial charge in [0.05, 0.1) is 11.0 Å². The molecule has 0 saturated carbocycles. The van der Waals surface area contributed by atoms with Crippen LogP contribution in [0.3, 0.4) is 0 Å². The average molecular weight is 250 g/mol. The lowest BCUT2D eigenvalue weighted by Gasteiger charge is -2.07. The Morgan fingerprint density at radius 3 is 2.37 bits per heavy atom. The topological polar surface area (TPSA) is 17.8 Å². The van der Waals surface area contributed by atoms with Crippen molar-refractivity contribution in [1.29, 1.82) is 0 Å². The Morgan fingerprint density at radius 2 is 1.63 bits per heavy atom. The van der Waals surface area contributed by atoms with Gasteiger partial charge in [0.15, 0.2) is 0 Å². The molecule has 2 heteroatoms. The quantitative estimate of drug-likeness (QED) is 0.688. The molecule has 0 saturated heterocycles. The molecule has 0 aliphatic carbocycles. The van der Waals surface area contributed by atoms with E-state index in [1.807, 2.05) is 6.07 Å². The van der Waals surface area contributed by atoms with Gasteiger partial charge >= 0.3 is 0 Å². The van der Waals surface area contributed by atoms with Crippen LogP contribution in [0.5, 0.6) is 0 Å². The highest BCUT2D eigenvalue weighted by molar-refractivity contribution is 5.75. The van der Waals surface area contributed by atoms with E-state index in [9.17, 15) is 0 Å². The van der Waals surface area contributed by atoms with Crippen molar-refractivity contribution in [3.63, 3.8) is 0 Å². The zero-order valence-electron chi connectivity index (χ0n) is 11.4. The SMILES string of the molecule is CCc1ccc(Cn2c(C)nc3ccccc32)cc1. The number of aryl methyl sites for hydroxylation is 2. The van der Waals surface area contributed by atoms with Crippen LogP contribution in [-0.2, 0) is 13.0 Å². The van der Waals surface area contributed by atoms with Gasteiger partial charge in [-0.1, -0.05) is 43.3 Å². The first-order valence-electron chi connectivity index (χ1n) is 6.77. The predicted octanol–water partition coefficient (Wildman–Crippen LogP) is 3.96. The predicted molar refractivity (Wildman–Crippen MR) is 79.4 cm³/mol. The standard InChI is InChI=1S/C17H18N2/c1-3-14-8-10-15(11-9-14)12-19-13(2)18-16-6-4-5-7-17(16)19/h4-11H,3,12H2,1-2H3. The monoisotopic (exact) mass is 250 g/mol. The van der Waals surface area contributed by atoms with Crippen LogP contribution in [0.4, 0.5) is 0 Å². The molecule has 0 radical (unpaired) electrons. The van der Waals surface area contributed by atoms with Gasteiger partial charge in [0, 0.05) is 6.54 Å². The molecule has 3 aromatic rings. The Hall–Kier alpha value is -2.09. The van der Waals surface area contributed by atoms with Gasteiger partial charge in [-0.25, -0.2) is 4.98 Å². The van der Waals surface area contributed by atoms with Crippen molar-refractivity contribution in [3.05, 3.63) is 65.5 Å². The van der Waals surface area contributed by atoms with Gasteiger partial charge in [0.2, 0.25) is 0 Å². The fourth-order valence-electron chi connectivity index (χ4n) is 2.46. The summed E-state index contributed by atoms with van der Waals surface area (Å²) in [4.78, 5) is 4.61. The van der Waals surface area contributed by atoms with Crippen LogP contribution in [0.2, 0.25) is 0 Å². The van der Waals surface area contributed by atoms with Crippen molar-refractivity contribution in [1.82, 2.24) is 9.55 Å². The Bertz CT molecular complexity index is 693. The van der Waals surface area contributed by atoms with Crippen LogP contribution < -0.4 is 0 Å². The van der Waals surface area contributed by atoms with E-state index in [0.29, 0.717) is 0 Å². The third kappa shape index (κ3) is 2.26. The van der Waals surface area contributed by atoms with Gasteiger partial charge < -0.3 is 4.57 Å². The summed E-state index contributed by atoms with van der Waals surface area (Å²) in [7, 11) is 0. The summed E-state index contributed by atoms with van der Waals surface area (Å²) in [6.07, 6.45) is 1.09. The summed E-state index contributed by atoms with van der Waals surface area (Å²) >= 11 is 0. The Kier molecular flexibility index (Phi) is 3.08. The maximum Gasteiger partial charge on any atom is 0.107 e. The molecule has 0 unspecified atom stereocenters. The smallest absolute Gasteiger partial charge is 0.107 e. The van der Waals surface area contributed by atoms with Gasteiger partial charge in [-0.05, 0) is 36.6 Å². The van der Waals surface area contributed by atoms with Crippen LogP contribution in [0.15, 0.2) is 48.5 Å². The average Bonchev–Trinajstić information content (AvgIpc) is 2.76. The molecule has 2 aromatic carbocycles. The number of imidazole rings is 1. The Morgan fingerprint density at radius 1 is 0.947 bits per heavy atom. The van der Waals surface area contributed by atoms with E-state index in [1.165, 1.54) is 16.6 Å². The van der Waals surface area contributed by atoms with Crippen LogP contribution in [0, 0.1) is 6.92 Å². The van der Waals surface area contributed by atoms with Crippen LogP contribution in [0.25, 0.3) is 11.0 Å². The fourth-order valence-corrected chi connectivity index (χ4v) is 2.46. The summed E-state index contributed by atoms with van der Waals surface area (Å²) < 4.78 is 2.27. The van der Waals surface area contributed by atoms with E-state index in [4.69, 9.17) is 0 Å². The van der Waals surface area contributed by atoms with Crippen LogP contribution in [0.1, 0.15) is 23.9 Å². The van der Waals surface area contributed by atoms with Crippen LogP contribution in [-0.4, -0.2) is 9.55 Å². The fraction of sp³-hybridized carbons (Fsp3) is 0.235. The van der Waals surface area contributed by atoms with E-state index in [1.54, 1.807) is 0 Å². The molecule has 3 rings (SSSR count). The molecule has 2 nitrogen and oxygen atoms in total. The third-order valence-corrected chi connectivity index (χ3v) is 3.62. The van der Waals surface area contributed by atoms with Crippen molar-refractivity contribution < 1.29 is 0 Å². The van der Waals surface area contributed by atoms with Gasteiger partial charge in [-0.15, -0.1) is 0 Å². The number of fused-ring (bicyclic) bond motifs is 1. The molecule has 1 heterocycles. The molecule has 0 aliphatic heterocycles. The van der Waals surface area contributed by atoms with Crippen molar-refractivity contribution in [2.75, 3.05) is 0 Å². The summed E-state index contributed by atoms with van der Waals surface area (Å²) in [5, 5.41) is 0. The summed E-state index contributed by atoms with van der Waals surface area (Å²) in [6, 6.07) is 17.2. The number of nitrogens with zero attached hydrogens (tertiary/aromatic N) is 2. The third-order valence-electron chi connectivity index (χ3n) is 3.62. The second-order valence-electron chi connectivity index (χ2n) is 4.90. The zero-order chi connectivity index (χ0) is 13.2. The van der Waals surface area contributed by atoms with E-state index in [-0.39, 0.29) is 0 Å². The molecule has 0 bridgehead atoms. The second kappa shape index (κ2) is 4.88. The molecule has 19 heavy (non-hydrogen) atoms. The van der Waals surface area contributed by atoms with E-state index in [0.717, 1.165) is 24.3 Å². The van der Waals surface area contributed by atoms with E-state index >= 15 is 0 Å². The number of rotatable bonds is 3. The maximum absolute atomic E-state index is 4.61. The molecule has 0 amide bonds. The van der Waals surface area contributed by atoms with E-state index < -0.39 is 0 Å². The van der Waals surface area contributed by atoms with Gasteiger partial charge in [0.1, 0.15) is 5.82 Å². The molecular formula is C17H18N2. The van der Waals surface area contributed by atoms with Crippen molar-refractivity contribution >= 4 is 11.0 Å². The zero-order valence-corrected chi connectivity index (χ0v) is 11.4. The number of aromatic nitrogens is 2. The highest BCUT2D eigenvalue weighted by atomic mass is 15.1. The minimum atomic E-state index is 0.885. The van der Waals surface area contributed by atoms with Crippen molar-refractivity contribution in [2.45, 2.75) is 26.8 Å². The molecule has 0 fully saturated rings. The van der Waals surface area contributed by atoms with Gasteiger partial charge in [0.25, 0.3) is 0 Å². The number of benzene rings is 2. The molecule has 0 atom stereocenters. The number of hydrogen-bond acceptors (Lipinski definition) is 1. The maximum atomic E-state index is 4.61. The highest BCUT2D eigenvalue weighted by Gasteiger charge is 2.06. The first-order chi connectivity index (χ1) is 9.28. The number of hydrogen-bond donors (Lipinski definition) is 0. The Balaban J connectivity index is 1.98. The first kappa shape index (κ1) is 12.0. The summed E-state index contributed by atoms with van der Waals surface area (Å²) in [6.45, 7) is 5.14. The highest BCUT2D eigenvalue weighted by Crippen LogP contribution is 2.17. The summed E-state index contributed by atoms with van der Waals surface area (Å²) in [5.41, 5.74) is 4.99. The molecular weight excluding hydrogens is 232 g/mol. The largest absolute Gasteiger partial charge is 0.324 e. The van der Waals surface area contributed by atoms with Gasteiger partial charge in [-0.3, -0.25) is 0 Å². The van der Waals surface area contributed by atoms with Crippen molar-refractivity contribution in [3.8, 4) is 0 Å². The van der Waals surface area contributed by atoms with Crippen LogP contribution >= 0.6 is 0 Å². The van der Waals surface area contributed by atoms with Gasteiger partial charge in [-0.2, -0.15) is 0 Å². The lowest BCUT2D eigenvalue weighted by molar-refractivity contribution is 0.785. The minimum Gasteiger partial charge on any atom is -0.324 e. The summed E-state index contributed by atoms with van der Waals surface area (Å²) in [5.74, 6) is 1.07. The lowest BCUT2D eigenvalue weighted by atomic mass is 10.1. The first-order valence-corrected chi connectivity index (χ1v) is 6.77. The number of para-hydroxylation sites is 2. The molecule has 0 spiro atoms. The van der Waals surface area contributed by atoms with Crippen molar-refractivity contribution in [2.24, 2.45) is 0 Å². The second-order valence-corrected chi connectivity index (χ2v) is 4.90. The van der Waals surface area contributed by atoms with E-state index in [2.05, 4.69) is 65.9 Å². The molecule has 0 aliphatic rings. The molecule has 96 valence electrons. The molecule has 1 aromatic heterocycles. The molecule has 0 N–H and O–H groups in total. The lowest BCUT2D eigenvalue weighted by Crippen LogP contribution is -2.01. The normalized spacial score (nSPS) is 11.1. The minimum absolute atomic E-state index is 0.885.